The Balaban J connectivity index is 1.53. The first-order valence-corrected chi connectivity index (χ1v) is 11.3. The minimum atomic E-state index is -0.350. The van der Waals surface area contributed by atoms with E-state index in [-0.39, 0.29) is 11.8 Å². The van der Waals surface area contributed by atoms with E-state index in [0.29, 0.717) is 48.5 Å². The number of rotatable bonds is 2. The number of morpholine rings is 1. The third-order valence-electron chi connectivity index (χ3n) is 5.25. The van der Waals surface area contributed by atoms with Crippen molar-refractivity contribution in [2.75, 3.05) is 31.2 Å². The molecule has 1 saturated heterocycles. The zero-order chi connectivity index (χ0) is 20.7. The van der Waals surface area contributed by atoms with E-state index in [9.17, 15) is 9.59 Å². The van der Waals surface area contributed by atoms with E-state index < -0.39 is 0 Å². The highest BCUT2D eigenvalue weighted by atomic mass is 79.9. The number of nitrogens with zero attached hydrogens (tertiary/aromatic N) is 3. The van der Waals surface area contributed by atoms with E-state index >= 15 is 0 Å². The minimum Gasteiger partial charge on any atom is -0.378 e. The number of hydrogen-bond acceptors (Lipinski definition) is 5. The van der Waals surface area contributed by atoms with Crippen LogP contribution in [0.1, 0.15) is 11.1 Å². The monoisotopic (exact) mass is 483 g/mol. The minimum absolute atomic E-state index is 0.166. The van der Waals surface area contributed by atoms with Gasteiger partial charge in [0.25, 0.3) is 11.8 Å². The van der Waals surface area contributed by atoms with Crippen LogP contribution in [0.3, 0.4) is 0 Å². The first-order chi connectivity index (χ1) is 14.6. The molecule has 0 aromatic heterocycles. The molecular formula is C22H18BrN3O3S. The van der Waals surface area contributed by atoms with E-state index in [2.05, 4.69) is 20.9 Å². The average Bonchev–Trinajstić information content (AvgIpc) is 3.26. The lowest BCUT2D eigenvalue weighted by atomic mass is 10.1. The Kier molecular flexibility index (Phi) is 5.22. The van der Waals surface area contributed by atoms with Crippen LogP contribution in [-0.4, -0.2) is 48.2 Å². The van der Waals surface area contributed by atoms with Crippen molar-refractivity contribution in [3.63, 3.8) is 0 Å². The summed E-state index contributed by atoms with van der Waals surface area (Å²) >= 11 is 4.79. The molecule has 0 bridgehead atoms. The van der Waals surface area contributed by atoms with Gasteiger partial charge in [-0.3, -0.25) is 9.59 Å². The predicted octanol–water partition coefficient (Wildman–Crippen LogP) is 3.67. The fourth-order valence-electron chi connectivity index (χ4n) is 3.79. The summed E-state index contributed by atoms with van der Waals surface area (Å²) in [5, 5.41) is 0.650. The number of halogens is 1. The topological polar surface area (TPSA) is 62.2 Å². The third-order valence-corrected chi connectivity index (χ3v) is 6.86. The average molecular weight is 484 g/mol. The molecule has 2 aromatic rings. The molecule has 0 spiro atoms. The van der Waals surface area contributed by atoms with Gasteiger partial charge in [-0.05, 0) is 35.5 Å². The van der Waals surface area contributed by atoms with Crippen LogP contribution in [0.25, 0.3) is 5.57 Å². The largest absolute Gasteiger partial charge is 0.378 e. The molecule has 5 rings (SSSR count). The number of hydrogen-bond donors (Lipinski definition) is 0. The van der Waals surface area contributed by atoms with Crippen LogP contribution in [0.2, 0.25) is 0 Å². The molecule has 1 fully saturated rings. The highest BCUT2D eigenvalue weighted by molar-refractivity contribution is 9.10. The zero-order valence-corrected chi connectivity index (χ0v) is 18.4. The number of amidine groups is 1. The van der Waals surface area contributed by atoms with Crippen LogP contribution in [0, 0.1) is 0 Å². The molecule has 0 radical (unpaired) electrons. The normalized spacial score (nSPS) is 21.3. The second-order valence-corrected chi connectivity index (χ2v) is 9.04. The van der Waals surface area contributed by atoms with E-state index in [1.54, 1.807) is 4.90 Å². The Morgan fingerprint density at radius 1 is 1.07 bits per heavy atom. The van der Waals surface area contributed by atoms with Gasteiger partial charge < -0.3 is 14.5 Å². The number of anilines is 1. The van der Waals surface area contributed by atoms with Crippen LogP contribution in [0.5, 0.6) is 0 Å². The van der Waals surface area contributed by atoms with Crippen molar-refractivity contribution < 1.29 is 14.3 Å². The molecule has 0 aliphatic carbocycles. The smallest absolute Gasteiger partial charge is 0.287 e. The lowest BCUT2D eigenvalue weighted by molar-refractivity contribution is -0.115. The summed E-state index contributed by atoms with van der Waals surface area (Å²) in [7, 11) is 0. The number of aliphatic imine (C=N–C) groups is 1. The molecule has 152 valence electrons. The number of benzene rings is 2. The maximum Gasteiger partial charge on any atom is 0.287 e. The summed E-state index contributed by atoms with van der Waals surface area (Å²) < 4.78 is 6.25. The molecule has 3 heterocycles. The van der Waals surface area contributed by atoms with Crippen LogP contribution in [0.4, 0.5) is 5.69 Å². The molecule has 6 nitrogen and oxygen atoms in total. The van der Waals surface area contributed by atoms with Crippen molar-refractivity contribution in [2.45, 2.75) is 6.54 Å². The van der Waals surface area contributed by atoms with Gasteiger partial charge in [0.1, 0.15) is 0 Å². The third kappa shape index (κ3) is 3.49. The Bertz CT molecular complexity index is 1090. The van der Waals surface area contributed by atoms with Crippen molar-refractivity contribution in [3.05, 3.63) is 69.0 Å². The predicted molar refractivity (Wildman–Crippen MR) is 121 cm³/mol. The van der Waals surface area contributed by atoms with Crippen molar-refractivity contribution in [1.29, 1.82) is 0 Å². The highest BCUT2D eigenvalue weighted by Gasteiger charge is 2.39. The number of carbonyl (C=O) groups is 2. The van der Waals surface area contributed by atoms with Gasteiger partial charge in [0.15, 0.2) is 5.17 Å². The quantitative estimate of drug-likeness (QED) is 0.609. The Hall–Kier alpha value is -2.42. The molecular weight excluding hydrogens is 466 g/mol. The van der Waals surface area contributed by atoms with Crippen molar-refractivity contribution >= 4 is 55.9 Å². The summed E-state index contributed by atoms with van der Waals surface area (Å²) in [6.45, 7) is 3.05. The number of ether oxygens (including phenoxy) is 1. The van der Waals surface area contributed by atoms with E-state index in [4.69, 9.17) is 4.74 Å². The summed E-state index contributed by atoms with van der Waals surface area (Å²) in [4.78, 5) is 34.7. The molecule has 0 saturated carbocycles. The number of amides is 2. The van der Waals surface area contributed by atoms with Crippen LogP contribution in [0.15, 0.2) is 62.9 Å². The van der Waals surface area contributed by atoms with Crippen LogP contribution in [-0.2, 0) is 20.9 Å². The molecule has 2 aromatic carbocycles. The molecule has 8 heteroatoms. The molecule has 3 aliphatic rings. The molecule has 3 aliphatic heterocycles. The van der Waals surface area contributed by atoms with Gasteiger partial charge in [-0.25, -0.2) is 0 Å². The molecule has 0 unspecified atom stereocenters. The van der Waals surface area contributed by atoms with E-state index in [0.717, 1.165) is 21.3 Å². The van der Waals surface area contributed by atoms with Crippen LogP contribution < -0.4 is 4.90 Å². The molecule has 0 N–H and O–H groups in total. The van der Waals surface area contributed by atoms with E-state index in [1.807, 2.05) is 53.4 Å². The first-order valence-electron chi connectivity index (χ1n) is 9.65. The van der Waals surface area contributed by atoms with E-state index in [1.165, 1.54) is 11.8 Å². The molecule has 2 amide bonds. The SMILES string of the molecule is O=C1N=C(N2CCOCC2)S/C1=C1\C(=O)N(Cc2ccccc2)c2ccc(Br)cc21. The van der Waals surface area contributed by atoms with Gasteiger partial charge in [-0.1, -0.05) is 46.3 Å². The van der Waals surface area contributed by atoms with Gasteiger partial charge in [0.05, 0.1) is 35.9 Å². The lowest BCUT2D eigenvalue weighted by Gasteiger charge is -2.27. The van der Waals surface area contributed by atoms with Gasteiger partial charge in [-0.15, -0.1) is 0 Å². The molecule has 30 heavy (non-hydrogen) atoms. The summed E-state index contributed by atoms with van der Waals surface area (Å²) in [5.74, 6) is -0.515. The summed E-state index contributed by atoms with van der Waals surface area (Å²) in [5.41, 5.74) is 3.04. The van der Waals surface area contributed by atoms with Crippen molar-refractivity contribution in [1.82, 2.24) is 4.90 Å². The van der Waals surface area contributed by atoms with Gasteiger partial charge in [-0.2, -0.15) is 4.99 Å². The number of carbonyl (C=O) groups excluding carboxylic acids is 2. The summed E-state index contributed by atoms with van der Waals surface area (Å²) in [6.07, 6.45) is 0. The zero-order valence-electron chi connectivity index (χ0n) is 16.0. The Labute approximate surface area is 186 Å². The standard InChI is InChI=1S/C22H18BrN3O3S/c23-15-6-7-17-16(12-15)18(21(28)26(17)13-14-4-2-1-3-5-14)19-20(27)24-22(30-19)25-8-10-29-11-9-25/h1-7,12H,8-11,13H2/b19-18-. The van der Waals surface area contributed by atoms with Crippen molar-refractivity contribution in [3.8, 4) is 0 Å². The maximum absolute atomic E-state index is 13.5. The first kappa shape index (κ1) is 19.5. The van der Waals surface area contributed by atoms with Crippen molar-refractivity contribution in [2.24, 2.45) is 4.99 Å². The number of thioether (sulfide) groups is 1. The van der Waals surface area contributed by atoms with Gasteiger partial charge >= 0.3 is 0 Å². The van der Waals surface area contributed by atoms with Gasteiger partial charge in [0.2, 0.25) is 0 Å². The Morgan fingerprint density at radius 3 is 2.60 bits per heavy atom. The second kappa shape index (κ2) is 8.02. The number of fused-ring (bicyclic) bond motifs is 1. The fraction of sp³-hybridized carbons (Fsp3) is 0.227. The Morgan fingerprint density at radius 2 is 1.83 bits per heavy atom. The maximum atomic E-state index is 13.5. The summed E-state index contributed by atoms with van der Waals surface area (Å²) in [6, 6.07) is 15.6. The molecule has 0 atom stereocenters. The van der Waals surface area contributed by atoms with Gasteiger partial charge in [0, 0.05) is 23.1 Å². The lowest BCUT2D eigenvalue weighted by Crippen LogP contribution is -2.38. The highest BCUT2D eigenvalue weighted by Crippen LogP contribution is 2.45. The van der Waals surface area contributed by atoms with Crippen LogP contribution >= 0.6 is 27.7 Å². The fourth-order valence-corrected chi connectivity index (χ4v) is 5.21. The second-order valence-electron chi connectivity index (χ2n) is 7.14.